The summed E-state index contributed by atoms with van der Waals surface area (Å²) in [5, 5.41) is 0. The molecule has 0 spiro atoms. The molecule has 10 heavy (non-hydrogen) atoms. The van der Waals surface area contributed by atoms with Crippen LogP contribution >= 0.6 is 0 Å². The summed E-state index contributed by atoms with van der Waals surface area (Å²) in [6, 6.07) is 0. The molecule has 0 radical (unpaired) electrons. The number of carbonyl (C=O) groups is 2. The van der Waals surface area contributed by atoms with E-state index in [9.17, 15) is 9.59 Å². The average Bonchev–Trinajstić information content (AvgIpc) is 1.84. The molecule has 0 amide bonds. The summed E-state index contributed by atoms with van der Waals surface area (Å²) < 4.78 is 4.46. The van der Waals surface area contributed by atoms with E-state index in [1.165, 1.54) is 6.92 Å². The molecular weight excluding hydrogens is 132 g/mol. The molecule has 0 aromatic heterocycles. The number of ketones is 1. The number of hydrogen-bond donors (Lipinski definition) is 0. The van der Waals surface area contributed by atoms with Crippen LogP contribution in [0.5, 0.6) is 0 Å². The van der Waals surface area contributed by atoms with Gasteiger partial charge in [-0.05, 0) is 20.8 Å². The van der Waals surface area contributed by atoms with Crippen molar-refractivity contribution in [2.45, 2.75) is 20.8 Å². The Morgan fingerprint density at radius 3 is 2.40 bits per heavy atom. The van der Waals surface area contributed by atoms with Crippen LogP contribution in [0.3, 0.4) is 0 Å². The van der Waals surface area contributed by atoms with Crippen molar-refractivity contribution in [2.75, 3.05) is 6.61 Å². The van der Waals surface area contributed by atoms with Crippen LogP contribution in [0.2, 0.25) is 0 Å². The van der Waals surface area contributed by atoms with Crippen molar-refractivity contribution in [1.82, 2.24) is 0 Å². The van der Waals surface area contributed by atoms with E-state index in [1.807, 2.05) is 0 Å². The largest absolute Gasteiger partial charge is 0.467 e. The Kier molecular flexibility index (Phi) is 3.06. The number of Topliss-reactive ketones (excluding diaryl/α,β-unsaturated/α-hetero) is 1. The van der Waals surface area contributed by atoms with Crippen molar-refractivity contribution in [3.8, 4) is 0 Å². The summed E-state index contributed by atoms with van der Waals surface area (Å²) in [7, 11) is 0. The summed E-state index contributed by atoms with van der Waals surface area (Å²) in [5.74, 6) is 0.0225. The molecule has 0 aliphatic rings. The quantitative estimate of drug-likeness (QED) is 0.547. The van der Waals surface area contributed by atoms with E-state index < -0.39 is 5.41 Å². The Labute approximate surface area is 60.4 Å². The van der Waals surface area contributed by atoms with Crippen molar-refractivity contribution in [3.63, 3.8) is 0 Å². The Hall–Kier alpha value is -0.860. The van der Waals surface area contributed by atoms with Gasteiger partial charge in [-0.15, -0.1) is 0 Å². The van der Waals surface area contributed by atoms with E-state index >= 15 is 0 Å². The number of hydrogen-bond acceptors (Lipinski definition) is 3. The van der Waals surface area contributed by atoms with E-state index in [-0.39, 0.29) is 12.4 Å². The minimum Gasteiger partial charge on any atom is -0.467 e. The summed E-state index contributed by atoms with van der Waals surface area (Å²) in [5.41, 5.74) is -0.541. The molecule has 0 saturated heterocycles. The molecule has 0 saturated carbocycles. The number of carbonyl (C=O) groups excluding carboxylic acids is 2. The van der Waals surface area contributed by atoms with Crippen LogP contribution in [0.4, 0.5) is 0 Å². The predicted molar refractivity (Wildman–Crippen MR) is 36.5 cm³/mol. The molecule has 3 heteroatoms. The molecule has 0 aromatic carbocycles. The van der Waals surface area contributed by atoms with Gasteiger partial charge in [-0.25, -0.2) is 0 Å². The monoisotopic (exact) mass is 144 g/mol. The smallest absolute Gasteiger partial charge is 0.293 e. The Morgan fingerprint density at radius 2 is 2.10 bits per heavy atom. The first-order valence-electron chi connectivity index (χ1n) is 3.07. The van der Waals surface area contributed by atoms with Gasteiger partial charge in [0.1, 0.15) is 12.4 Å². The minimum atomic E-state index is -0.541. The van der Waals surface area contributed by atoms with E-state index in [0.29, 0.717) is 6.47 Å². The highest BCUT2D eigenvalue weighted by Gasteiger charge is 2.23. The normalized spacial score (nSPS) is 10.7. The van der Waals surface area contributed by atoms with Crippen LogP contribution in [0.1, 0.15) is 20.8 Å². The van der Waals surface area contributed by atoms with Crippen LogP contribution in [-0.2, 0) is 14.3 Å². The lowest BCUT2D eigenvalue weighted by molar-refractivity contribution is -0.136. The molecule has 0 aliphatic heterocycles. The number of ether oxygens (including phenoxy) is 1. The third-order valence-electron chi connectivity index (χ3n) is 1.47. The summed E-state index contributed by atoms with van der Waals surface area (Å²) in [6.45, 7) is 5.46. The van der Waals surface area contributed by atoms with Crippen LogP contribution in [0.25, 0.3) is 0 Å². The Morgan fingerprint density at radius 1 is 1.60 bits per heavy atom. The lowest BCUT2D eigenvalue weighted by Crippen LogP contribution is -2.27. The average molecular weight is 144 g/mol. The minimum absolute atomic E-state index is 0.0225. The molecule has 3 nitrogen and oxygen atoms in total. The van der Waals surface area contributed by atoms with Gasteiger partial charge in [-0.3, -0.25) is 9.59 Å². The first-order chi connectivity index (χ1) is 4.50. The molecule has 0 N–H and O–H groups in total. The SMILES string of the molecule is CC(=O)C(C)(C)COC=O. The molecule has 0 fully saturated rings. The van der Waals surface area contributed by atoms with E-state index in [1.54, 1.807) is 13.8 Å². The van der Waals surface area contributed by atoms with Crippen LogP contribution in [0, 0.1) is 5.41 Å². The summed E-state index contributed by atoms with van der Waals surface area (Å²) in [6.07, 6.45) is 0. The topological polar surface area (TPSA) is 43.4 Å². The van der Waals surface area contributed by atoms with Gasteiger partial charge >= 0.3 is 0 Å². The fourth-order valence-corrected chi connectivity index (χ4v) is 0.344. The third kappa shape index (κ3) is 2.62. The first kappa shape index (κ1) is 9.14. The second-order valence-electron chi connectivity index (χ2n) is 2.85. The van der Waals surface area contributed by atoms with E-state index in [2.05, 4.69) is 4.74 Å². The van der Waals surface area contributed by atoms with Crippen LogP contribution < -0.4 is 0 Å². The van der Waals surface area contributed by atoms with Crippen LogP contribution in [0.15, 0.2) is 0 Å². The highest BCUT2D eigenvalue weighted by atomic mass is 16.5. The highest BCUT2D eigenvalue weighted by molar-refractivity contribution is 5.81. The fraction of sp³-hybridized carbons (Fsp3) is 0.714. The van der Waals surface area contributed by atoms with Crippen molar-refractivity contribution < 1.29 is 14.3 Å². The van der Waals surface area contributed by atoms with Gasteiger partial charge in [0.25, 0.3) is 6.47 Å². The van der Waals surface area contributed by atoms with E-state index in [0.717, 1.165) is 0 Å². The van der Waals surface area contributed by atoms with Crippen molar-refractivity contribution >= 4 is 12.3 Å². The second-order valence-corrected chi connectivity index (χ2v) is 2.85. The van der Waals surface area contributed by atoms with Gasteiger partial charge < -0.3 is 4.74 Å². The maximum Gasteiger partial charge on any atom is 0.293 e. The molecule has 0 unspecified atom stereocenters. The molecule has 0 rings (SSSR count). The molecule has 0 bridgehead atoms. The van der Waals surface area contributed by atoms with Crippen molar-refractivity contribution in [2.24, 2.45) is 5.41 Å². The molecule has 0 atom stereocenters. The molecule has 58 valence electrons. The summed E-state index contributed by atoms with van der Waals surface area (Å²) >= 11 is 0. The number of rotatable bonds is 4. The van der Waals surface area contributed by atoms with E-state index in [4.69, 9.17) is 0 Å². The van der Waals surface area contributed by atoms with Gasteiger partial charge in [0, 0.05) is 0 Å². The van der Waals surface area contributed by atoms with Gasteiger partial charge in [0.2, 0.25) is 0 Å². The summed E-state index contributed by atoms with van der Waals surface area (Å²) in [4.78, 5) is 20.5. The predicted octanol–water partition coefficient (Wildman–Crippen LogP) is 0.775. The highest BCUT2D eigenvalue weighted by Crippen LogP contribution is 2.15. The van der Waals surface area contributed by atoms with Crippen molar-refractivity contribution in [3.05, 3.63) is 0 Å². The molecule has 0 heterocycles. The lowest BCUT2D eigenvalue weighted by atomic mass is 9.90. The lowest BCUT2D eigenvalue weighted by Gasteiger charge is -2.18. The maximum atomic E-state index is 10.8. The maximum absolute atomic E-state index is 10.8. The fourth-order valence-electron chi connectivity index (χ4n) is 0.344. The van der Waals surface area contributed by atoms with Gasteiger partial charge in [-0.1, -0.05) is 0 Å². The Bertz CT molecular complexity index is 138. The van der Waals surface area contributed by atoms with Gasteiger partial charge in [0.05, 0.1) is 5.41 Å². The molecule has 0 aromatic rings. The zero-order valence-corrected chi connectivity index (χ0v) is 6.51. The standard InChI is InChI=1S/C7H12O3/c1-6(9)7(2,3)4-10-5-8/h5H,4H2,1-3H3. The second kappa shape index (κ2) is 3.34. The van der Waals surface area contributed by atoms with Crippen LogP contribution in [-0.4, -0.2) is 18.9 Å². The molecular formula is C7H12O3. The zero-order valence-electron chi connectivity index (χ0n) is 6.51. The first-order valence-corrected chi connectivity index (χ1v) is 3.07. The Balaban J connectivity index is 3.86. The molecule has 0 aliphatic carbocycles. The van der Waals surface area contributed by atoms with Gasteiger partial charge in [-0.2, -0.15) is 0 Å². The van der Waals surface area contributed by atoms with Crippen molar-refractivity contribution in [1.29, 1.82) is 0 Å². The third-order valence-corrected chi connectivity index (χ3v) is 1.47. The zero-order chi connectivity index (χ0) is 8.20. The van der Waals surface area contributed by atoms with Gasteiger partial charge in [0.15, 0.2) is 0 Å².